The summed E-state index contributed by atoms with van der Waals surface area (Å²) in [6, 6.07) is 28.0. The van der Waals surface area contributed by atoms with Crippen molar-refractivity contribution in [2.24, 2.45) is 0 Å². The Bertz CT molecular complexity index is 1610. The van der Waals surface area contributed by atoms with Crippen molar-refractivity contribution in [1.82, 2.24) is 19.9 Å². The Hall–Kier alpha value is -4.44. The quantitative estimate of drug-likeness (QED) is 0.286. The molecule has 0 aliphatic heterocycles. The van der Waals surface area contributed by atoms with Gasteiger partial charge >= 0.3 is 5.69 Å². The normalized spacial score (nSPS) is 10.1. The summed E-state index contributed by atoms with van der Waals surface area (Å²) in [6.07, 6.45) is 1.70. The van der Waals surface area contributed by atoms with Gasteiger partial charge in [0.2, 0.25) is 0 Å². The summed E-state index contributed by atoms with van der Waals surface area (Å²) in [4.78, 5) is 28.0. The summed E-state index contributed by atoms with van der Waals surface area (Å²) in [5.41, 5.74) is 3.12. The van der Waals surface area contributed by atoms with Gasteiger partial charge in [0, 0.05) is 17.3 Å². The van der Waals surface area contributed by atoms with E-state index in [1.165, 1.54) is 0 Å². The molecule has 182 valence electrons. The monoisotopic (exact) mass is 526 g/mol. The van der Waals surface area contributed by atoms with Crippen molar-refractivity contribution in [1.29, 1.82) is 0 Å². The molecule has 0 radical (unpaired) electrons. The van der Waals surface area contributed by atoms with Crippen LogP contribution >= 0.6 is 24.0 Å². The van der Waals surface area contributed by atoms with Crippen molar-refractivity contribution < 1.29 is 4.74 Å². The van der Waals surface area contributed by atoms with Crippen LogP contribution in [0.25, 0.3) is 22.8 Å². The standard InChI is InChI=1S/C29H19ClN4O2.ClH/c30-24-10-6-11-25(36-19-21-7-2-1-3-8-21)26(24)28-32-27(33-29(35)34-28)22-15-12-20(13-16-22)14-17-23-9-4-5-18-31-23;/h1-13,15-16,18H,19H2,(H,32,33,34,35);1H. The van der Waals surface area contributed by atoms with Crippen LogP contribution in [0.2, 0.25) is 5.02 Å². The Morgan fingerprint density at radius 3 is 2.38 bits per heavy atom. The van der Waals surface area contributed by atoms with Crippen LogP contribution in [-0.4, -0.2) is 19.9 Å². The SMILES string of the molecule is Cl.O=c1nc(-c2ccc(C#Cc3ccccn3)cc2)nc(-c2c(Cl)cccc2OCc2ccccc2)[nH]1. The summed E-state index contributed by atoms with van der Waals surface area (Å²) < 4.78 is 6.04. The molecule has 1 N–H and O–H groups in total. The second-order valence-electron chi connectivity index (χ2n) is 7.76. The van der Waals surface area contributed by atoms with E-state index in [4.69, 9.17) is 16.3 Å². The van der Waals surface area contributed by atoms with Crippen LogP contribution in [0.4, 0.5) is 0 Å². The number of halogens is 2. The average molecular weight is 527 g/mol. The zero-order valence-electron chi connectivity index (χ0n) is 19.4. The summed E-state index contributed by atoms with van der Waals surface area (Å²) in [5, 5.41) is 0.404. The van der Waals surface area contributed by atoms with Crippen molar-refractivity contribution >= 4 is 24.0 Å². The van der Waals surface area contributed by atoms with Crippen LogP contribution < -0.4 is 10.4 Å². The Balaban J connectivity index is 0.00000320. The first kappa shape index (κ1) is 25.6. The summed E-state index contributed by atoms with van der Waals surface area (Å²) >= 11 is 6.52. The highest BCUT2D eigenvalue weighted by atomic mass is 35.5. The fourth-order valence-electron chi connectivity index (χ4n) is 3.50. The van der Waals surface area contributed by atoms with Crippen LogP contribution in [0.15, 0.2) is 102 Å². The van der Waals surface area contributed by atoms with E-state index in [-0.39, 0.29) is 24.1 Å². The number of pyridine rings is 1. The van der Waals surface area contributed by atoms with E-state index in [1.54, 1.807) is 24.4 Å². The number of aromatic nitrogens is 4. The molecular weight excluding hydrogens is 507 g/mol. The van der Waals surface area contributed by atoms with E-state index >= 15 is 0 Å². The van der Waals surface area contributed by atoms with Crippen LogP contribution in [0.1, 0.15) is 16.8 Å². The van der Waals surface area contributed by atoms with Gasteiger partial charge in [-0.25, -0.2) is 14.8 Å². The third kappa shape index (κ3) is 6.42. The molecule has 6 nitrogen and oxygen atoms in total. The lowest BCUT2D eigenvalue weighted by Crippen LogP contribution is -2.15. The van der Waals surface area contributed by atoms with E-state index in [0.29, 0.717) is 34.2 Å². The molecule has 3 aromatic carbocycles. The molecule has 0 aliphatic carbocycles. The van der Waals surface area contributed by atoms with E-state index in [1.807, 2.05) is 72.8 Å². The molecule has 0 saturated heterocycles. The van der Waals surface area contributed by atoms with Crippen molar-refractivity contribution in [3.63, 3.8) is 0 Å². The van der Waals surface area contributed by atoms with Gasteiger partial charge in [-0.2, -0.15) is 4.98 Å². The topological polar surface area (TPSA) is 80.8 Å². The lowest BCUT2D eigenvalue weighted by molar-refractivity contribution is 0.307. The van der Waals surface area contributed by atoms with Crippen molar-refractivity contribution in [2.75, 3.05) is 0 Å². The maximum Gasteiger partial charge on any atom is 0.348 e. The van der Waals surface area contributed by atoms with Gasteiger partial charge in [-0.3, -0.25) is 4.98 Å². The lowest BCUT2D eigenvalue weighted by Gasteiger charge is -2.13. The average Bonchev–Trinajstić information content (AvgIpc) is 2.92. The minimum absolute atomic E-state index is 0. The third-order valence-corrected chi connectivity index (χ3v) is 5.56. The molecular formula is C29H20Cl2N4O2. The number of rotatable bonds is 5. The zero-order chi connectivity index (χ0) is 24.7. The second-order valence-corrected chi connectivity index (χ2v) is 8.16. The number of hydrogen-bond acceptors (Lipinski definition) is 5. The van der Waals surface area contributed by atoms with Crippen LogP contribution in [0.5, 0.6) is 5.75 Å². The summed E-state index contributed by atoms with van der Waals surface area (Å²) in [6.45, 7) is 0.345. The van der Waals surface area contributed by atoms with Gasteiger partial charge in [-0.15, -0.1) is 12.4 Å². The number of aromatic amines is 1. The highest BCUT2D eigenvalue weighted by molar-refractivity contribution is 6.33. The molecule has 0 fully saturated rings. The van der Waals surface area contributed by atoms with Gasteiger partial charge in [0.05, 0.1) is 10.6 Å². The molecule has 5 rings (SSSR count). The minimum Gasteiger partial charge on any atom is -0.488 e. The Labute approximate surface area is 224 Å². The largest absolute Gasteiger partial charge is 0.488 e. The van der Waals surface area contributed by atoms with Crippen molar-refractivity contribution in [3.05, 3.63) is 130 Å². The molecule has 5 aromatic rings. The molecule has 0 spiro atoms. The Morgan fingerprint density at radius 2 is 1.62 bits per heavy atom. The van der Waals surface area contributed by atoms with E-state index in [9.17, 15) is 4.79 Å². The van der Waals surface area contributed by atoms with Crippen LogP contribution in [0.3, 0.4) is 0 Å². The fourth-order valence-corrected chi connectivity index (χ4v) is 3.75. The molecule has 0 atom stereocenters. The molecule has 37 heavy (non-hydrogen) atoms. The first-order valence-electron chi connectivity index (χ1n) is 11.1. The number of hydrogen-bond donors (Lipinski definition) is 1. The first-order chi connectivity index (χ1) is 17.7. The molecule has 2 heterocycles. The maximum absolute atomic E-state index is 12.5. The summed E-state index contributed by atoms with van der Waals surface area (Å²) in [7, 11) is 0. The third-order valence-electron chi connectivity index (χ3n) is 5.24. The molecule has 2 aromatic heterocycles. The van der Waals surface area contributed by atoms with E-state index < -0.39 is 5.69 Å². The number of nitrogens with one attached hydrogen (secondary N) is 1. The predicted octanol–water partition coefficient (Wildman–Crippen LogP) is 5.95. The molecule has 0 saturated carbocycles. The van der Waals surface area contributed by atoms with Crippen molar-refractivity contribution in [3.8, 4) is 40.4 Å². The minimum atomic E-state index is -0.539. The number of ether oxygens (including phenoxy) is 1. The van der Waals surface area contributed by atoms with E-state index in [0.717, 1.165) is 11.1 Å². The number of nitrogens with zero attached hydrogens (tertiary/aromatic N) is 3. The molecule has 0 amide bonds. The lowest BCUT2D eigenvalue weighted by atomic mass is 10.1. The van der Waals surface area contributed by atoms with Gasteiger partial charge in [-0.1, -0.05) is 60.0 Å². The van der Waals surface area contributed by atoms with Gasteiger partial charge < -0.3 is 4.74 Å². The van der Waals surface area contributed by atoms with Gasteiger partial charge in [0.1, 0.15) is 23.9 Å². The van der Waals surface area contributed by atoms with E-state index in [2.05, 4.69) is 31.8 Å². The van der Waals surface area contributed by atoms with Gasteiger partial charge in [-0.05, 0) is 60.0 Å². The highest BCUT2D eigenvalue weighted by Gasteiger charge is 2.16. The Kier molecular flexibility index (Phi) is 8.32. The van der Waals surface area contributed by atoms with Crippen molar-refractivity contribution in [2.45, 2.75) is 6.61 Å². The smallest absolute Gasteiger partial charge is 0.348 e. The Morgan fingerprint density at radius 1 is 0.838 bits per heavy atom. The molecule has 0 bridgehead atoms. The van der Waals surface area contributed by atoms with Gasteiger partial charge in [0.15, 0.2) is 5.82 Å². The number of benzene rings is 3. The molecule has 8 heteroatoms. The zero-order valence-corrected chi connectivity index (χ0v) is 21.0. The molecule has 0 unspecified atom stereocenters. The predicted molar refractivity (Wildman–Crippen MR) is 147 cm³/mol. The maximum atomic E-state index is 12.5. The number of H-pyrrole nitrogens is 1. The fraction of sp³-hybridized carbons (Fsp3) is 0.0345. The second kappa shape index (κ2) is 12.0. The molecule has 0 aliphatic rings. The van der Waals surface area contributed by atoms with Crippen LogP contribution in [0, 0.1) is 11.8 Å². The van der Waals surface area contributed by atoms with Gasteiger partial charge in [0.25, 0.3) is 0 Å². The first-order valence-corrected chi connectivity index (χ1v) is 11.5. The summed E-state index contributed by atoms with van der Waals surface area (Å²) in [5.74, 6) is 7.15. The highest BCUT2D eigenvalue weighted by Crippen LogP contribution is 2.35. The van der Waals surface area contributed by atoms with Crippen LogP contribution in [-0.2, 0) is 6.61 Å².